The van der Waals surface area contributed by atoms with Gasteiger partial charge in [0, 0.05) is 31.3 Å². The third kappa shape index (κ3) is 1.17. The zero-order chi connectivity index (χ0) is 10.3. The molecule has 0 aromatic carbocycles. The van der Waals surface area contributed by atoms with E-state index in [0.29, 0.717) is 6.42 Å². The van der Waals surface area contributed by atoms with Crippen molar-refractivity contribution in [1.29, 1.82) is 0 Å². The van der Waals surface area contributed by atoms with Crippen LogP contribution in [0.5, 0.6) is 0 Å². The van der Waals surface area contributed by atoms with Crippen LogP contribution in [0.15, 0.2) is 16.7 Å². The maximum Gasteiger partial charge on any atom is 0.202 e. The number of H-pyrrole nitrogens is 1. The molecule has 4 nitrogen and oxygen atoms in total. The summed E-state index contributed by atoms with van der Waals surface area (Å²) >= 11 is 0. The first-order chi connectivity index (χ1) is 7.40. The van der Waals surface area contributed by atoms with E-state index in [-0.39, 0.29) is 0 Å². The molecule has 0 radical (unpaired) electrons. The van der Waals surface area contributed by atoms with Crippen LogP contribution in [-0.4, -0.2) is 24.4 Å². The van der Waals surface area contributed by atoms with Gasteiger partial charge in [0.2, 0.25) is 5.88 Å². The average molecular weight is 204 g/mol. The number of anilines is 1. The topological polar surface area (TPSA) is 49.2 Å². The zero-order valence-corrected chi connectivity index (χ0v) is 8.32. The molecule has 1 fully saturated rings. The van der Waals surface area contributed by atoms with Crippen molar-refractivity contribution in [2.75, 3.05) is 18.0 Å². The number of furan rings is 1. The van der Waals surface area contributed by atoms with Gasteiger partial charge in [0.25, 0.3) is 0 Å². The highest BCUT2D eigenvalue weighted by Gasteiger charge is 2.24. The van der Waals surface area contributed by atoms with E-state index in [2.05, 4.69) is 9.88 Å². The molecule has 0 unspecified atom stereocenters. The van der Waals surface area contributed by atoms with Gasteiger partial charge in [-0.15, -0.1) is 0 Å². The number of hydrogen-bond acceptors (Lipinski definition) is 3. The van der Waals surface area contributed by atoms with Crippen LogP contribution < -0.4 is 4.90 Å². The van der Waals surface area contributed by atoms with Crippen molar-refractivity contribution >= 4 is 23.3 Å². The van der Waals surface area contributed by atoms with Gasteiger partial charge < -0.3 is 19.1 Å². The van der Waals surface area contributed by atoms with Crippen LogP contribution in [0.25, 0.3) is 11.1 Å². The van der Waals surface area contributed by atoms with Crippen LogP contribution in [0.1, 0.15) is 12.0 Å². The fourth-order valence-electron chi connectivity index (χ4n) is 2.00. The molecule has 0 amide bonds. The Morgan fingerprint density at radius 3 is 3.07 bits per heavy atom. The normalized spacial score (nSPS) is 15.6. The zero-order valence-electron chi connectivity index (χ0n) is 8.32. The fourth-order valence-corrected chi connectivity index (χ4v) is 2.00. The van der Waals surface area contributed by atoms with Crippen LogP contribution in [0, 0.1) is 0 Å². The predicted molar refractivity (Wildman–Crippen MR) is 57.2 cm³/mol. The molecule has 3 rings (SSSR count). The maximum absolute atomic E-state index is 10.6. The number of nitrogens with one attached hydrogen (secondary N) is 1. The molecule has 1 aliphatic heterocycles. The molecule has 1 N–H and O–H groups in total. The Bertz CT molecular complexity index is 494. The Morgan fingerprint density at radius 2 is 2.40 bits per heavy atom. The molecule has 0 bridgehead atoms. The number of fused-ring (bicyclic) bond motifs is 1. The molecule has 0 saturated carbocycles. The largest absolute Gasteiger partial charge is 0.439 e. The Hall–Kier alpha value is -1.71. The van der Waals surface area contributed by atoms with E-state index in [1.54, 1.807) is 0 Å². The van der Waals surface area contributed by atoms with Crippen LogP contribution in [0.3, 0.4) is 0 Å². The van der Waals surface area contributed by atoms with E-state index in [4.69, 9.17) is 4.42 Å². The van der Waals surface area contributed by atoms with E-state index >= 15 is 0 Å². The summed E-state index contributed by atoms with van der Waals surface area (Å²) in [4.78, 5) is 15.9. The fraction of sp³-hybridized carbons (Fsp3) is 0.364. The van der Waals surface area contributed by atoms with Crippen LogP contribution in [-0.2, 0) is 11.2 Å². The molecule has 1 aliphatic rings. The minimum absolute atomic E-state index is 0.416. The first kappa shape index (κ1) is 8.59. The van der Waals surface area contributed by atoms with Gasteiger partial charge in [-0.2, -0.15) is 0 Å². The summed E-state index contributed by atoms with van der Waals surface area (Å²) in [5, 5.41) is 0. The Balaban J connectivity index is 2.13. The lowest BCUT2D eigenvalue weighted by Crippen LogP contribution is -2.37. The third-order valence-electron chi connectivity index (χ3n) is 2.91. The summed E-state index contributed by atoms with van der Waals surface area (Å²) < 4.78 is 5.73. The number of hydrogen-bond donors (Lipinski definition) is 1. The van der Waals surface area contributed by atoms with Crippen LogP contribution in [0.4, 0.5) is 5.88 Å². The summed E-state index contributed by atoms with van der Waals surface area (Å²) in [5.41, 5.74) is 2.79. The summed E-state index contributed by atoms with van der Waals surface area (Å²) in [7, 11) is 0. The van der Waals surface area contributed by atoms with Crippen molar-refractivity contribution in [3.8, 4) is 0 Å². The van der Waals surface area contributed by atoms with Crippen molar-refractivity contribution in [3.05, 3.63) is 17.8 Å². The van der Waals surface area contributed by atoms with Gasteiger partial charge >= 0.3 is 0 Å². The number of carbonyl (C=O) groups excluding carboxylic acids is 1. The summed E-state index contributed by atoms with van der Waals surface area (Å²) in [6, 6.07) is 1.90. The standard InChI is InChI=1S/C11H12N2O2/c14-7-3-8-10-9(2-4-12-10)15-11(8)13-5-1-6-13/h2,4,7,12H,1,3,5-6H2. The molecule has 0 aliphatic carbocycles. The Labute approximate surface area is 86.9 Å². The number of aromatic amines is 1. The smallest absolute Gasteiger partial charge is 0.202 e. The lowest BCUT2D eigenvalue weighted by molar-refractivity contribution is -0.107. The van der Waals surface area contributed by atoms with Crippen LogP contribution >= 0.6 is 0 Å². The third-order valence-corrected chi connectivity index (χ3v) is 2.91. The number of aldehydes is 1. The summed E-state index contributed by atoms with van der Waals surface area (Å²) in [5.74, 6) is 0.871. The number of rotatable bonds is 3. The second-order valence-electron chi connectivity index (χ2n) is 3.81. The van der Waals surface area contributed by atoms with Crippen LogP contribution in [0.2, 0.25) is 0 Å². The second-order valence-corrected chi connectivity index (χ2v) is 3.81. The second kappa shape index (κ2) is 3.15. The molecule has 3 heterocycles. The van der Waals surface area contributed by atoms with E-state index in [0.717, 1.165) is 41.9 Å². The number of nitrogens with zero attached hydrogens (tertiary/aromatic N) is 1. The van der Waals surface area contributed by atoms with Crippen molar-refractivity contribution < 1.29 is 9.21 Å². The highest BCUT2D eigenvalue weighted by Crippen LogP contribution is 2.34. The van der Waals surface area contributed by atoms with Gasteiger partial charge in [-0.1, -0.05) is 0 Å². The van der Waals surface area contributed by atoms with Gasteiger partial charge in [0.1, 0.15) is 6.29 Å². The lowest BCUT2D eigenvalue weighted by Gasteiger charge is -2.31. The highest BCUT2D eigenvalue weighted by atomic mass is 16.4. The van der Waals surface area contributed by atoms with Crippen molar-refractivity contribution in [2.24, 2.45) is 0 Å². The highest BCUT2D eigenvalue weighted by molar-refractivity contribution is 5.85. The predicted octanol–water partition coefficient (Wildman–Crippen LogP) is 1.71. The van der Waals surface area contributed by atoms with E-state index in [1.807, 2.05) is 12.3 Å². The van der Waals surface area contributed by atoms with Gasteiger partial charge in [-0.25, -0.2) is 0 Å². The minimum Gasteiger partial charge on any atom is -0.439 e. The SMILES string of the molecule is O=CCc1c(N2CCC2)oc2cc[nH]c12. The molecular weight excluding hydrogens is 192 g/mol. The quantitative estimate of drug-likeness (QED) is 0.774. The van der Waals surface area contributed by atoms with Gasteiger partial charge in [0.05, 0.1) is 5.52 Å². The van der Waals surface area contributed by atoms with Gasteiger partial charge in [0.15, 0.2) is 5.58 Å². The maximum atomic E-state index is 10.6. The molecule has 4 heteroatoms. The first-order valence-electron chi connectivity index (χ1n) is 5.17. The Kier molecular flexibility index (Phi) is 1.80. The lowest BCUT2D eigenvalue weighted by atomic mass is 10.1. The van der Waals surface area contributed by atoms with Crippen molar-refractivity contribution in [1.82, 2.24) is 4.98 Å². The van der Waals surface area contributed by atoms with Gasteiger partial charge in [-0.3, -0.25) is 0 Å². The van der Waals surface area contributed by atoms with Crippen molar-refractivity contribution in [3.63, 3.8) is 0 Å². The molecule has 0 spiro atoms. The number of aromatic nitrogens is 1. The molecule has 2 aromatic heterocycles. The van der Waals surface area contributed by atoms with E-state index in [1.165, 1.54) is 6.42 Å². The average Bonchev–Trinajstić information content (AvgIpc) is 2.67. The number of carbonyl (C=O) groups is 1. The molecule has 0 atom stereocenters. The monoisotopic (exact) mass is 204 g/mol. The Morgan fingerprint density at radius 1 is 1.53 bits per heavy atom. The molecule has 78 valence electrons. The summed E-state index contributed by atoms with van der Waals surface area (Å²) in [6.45, 7) is 2.06. The first-order valence-corrected chi connectivity index (χ1v) is 5.17. The van der Waals surface area contributed by atoms with E-state index < -0.39 is 0 Å². The molecule has 15 heavy (non-hydrogen) atoms. The summed E-state index contributed by atoms with van der Waals surface area (Å²) in [6.07, 6.45) is 4.38. The minimum atomic E-state index is 0.416. The molecule has 1 saturated heterocycles. The molecule has 2 aromatic rings. The van der Waals surface area contributed by atoms with Crippen molar-refractivity contribution in [2.45, 2.75) is 12.8 Å². The molecular formula is C11H12N2O2. The van der Waals surface area contributed by atoms with Gasteiger partial charge in [-0.05, 0) is 12.5 Å². The van der Waals surface area contributed by atoms with E-state index in [9.17, 15) is 4.79 Å².